The number of phenols is 1. The van der Waals surface area contributed by atoms with Gasteiger partial charge in [-0.15, -0.1) is 0 Å². The van der Waals surface area contributed by atoms with Gasteiger partial charge in [0.25, 0.3) is 0 Å². The van der Waals surface area contributed by atoms with Crippen LogP contribution >= 0.6 is 45.2 Å². The molecule has 7 heteroatoms. The number of amides is 1. The monoisotopic (exact) mass is 609 g/mol. The minimum absolute atomic E-state index is 0.125. The van der Waals surface area contributed by atoms with Crippen LogP contribution in [0.3, 0.4) is 0 Å². The maximum absolute atomic E-state index is 12.3. The minimum Gasteiger partial charge on any atom is -0.507 e. The van der Waals surface area contributed by atoms with Gasteiger partial charge in [-0.25, -0.2) is 5.43 Å². The van der Waals surface area contributed by atoms with E-state index in [-0.39, 0.29) is 11.7 Å². The molecule has 0 radical (unpaired) electrons. The molecule has 0 spiro atoms. The summed E-state index contributed by atoms with van der Waals surface area (Å²) in [6, 6.07) is 19.6. The molecule has 0 aliphatic carbocycles. The van der Waals surface area contributed by atoms with Crippen LogP contribution in [0.15, 0.2) is 65.8 Å². The number of aromatic nitrogens is 1. The van der Waals surface area contributed by atoms with Gasteiger partial charge in [0.15, 0.2) is 0 Å². The van der Waals surface area contributed by atoms with E-state index in [1.165, 1.54) is 24.1 Å². The smallest absolute Gasteiger partial charge is 0.241 e. The molecule has 1 heterocycles. The Labute approximate surface area is 195 Å². The molecular formula is C22H17I2N3O2. The van der Waals surface area contributed by atoms with Gasteiger partial charge in [-0.2, -0.15) is 5.10 Å². The lowest BCUT2D eigenvalue weighted by atomic mass is 10.2. The zero-order chi connectivity index (χ0) is 20.4. The first kappa shape index (κ1) is 20.1. The second-order valence-corrected chi connectivity index (χ2v) is 9.07. The summed E-state index contributed by atoms with van der Waals surface area (Å²) in [5.74, 6) is -0.0530. The van der Waals surface area contributed by atoms with Gasteiger partial charge in [-0.3, -0.25) is 4.79 Å². The van der Waals surface area contributed by atoms with Gasteiger partial charge in [0.1, 0.15) is 5.75 Å². The van der Waals surface area contributed by atoms with Gasteiger partial charge in [0.2, 0.25) is 5.91 Å². The van der Waals surface area contributed by atoms with E-state index in [2.05, 4.69) is 96.7 Å². The number of carbonyl (C=O) groups excluding carboxylic acids is 1. The van der Waals surface area contributed by atoms with Crippen molar-refractivity contribution in [1.82, 2.24) is 9.99 Å². The molecule has 0 fully saturated rings. The summed E-state index contributed by atoms with van der Waals surface area (Å²) < 4.78 is 4.55. The van der Waals surface area contributed by atoms with Crippen LogP contribution in [0.5, 0.6) is 5.75 Å². The Kier molecular flexibility index (Phi) is 6.04. The van der Waals surface area contributed by atoms with Crippen molar-refractivity contribution in [2.24, 2.45) is 5.10 Å². The molecule has 0 aliphatic rings. The fourth-order valence-corrected chi connectivity index (χ4v) is 4.31. The predicted octanol–water partition coefficient (Wildman–Crippen LogP) is 5.25. The molecule has 1 amide bonds. The van der Waals surface area contributed by atoms with Gasteiger partial charge in [-0.1, -0.05) is 12.1 Å². The average molecular weight is 609 g/mol. The third-order valence-electron chi connectivity index (χ3n) is 4.68. The minimum atomic E-state index is -0.178. The molecule has 0 saturated heterocycles. The molecule has 29 heavy (non-hydrogen) atoms. The van der Waals surface area contributed by atoms with Crippen molar-refractivity contribution in [3.05, 3.63) is 73.4 Å². The molecule has 146 valence electrons. The largest absolute Gasteiger partial charge is 0.507 e. The highest BCUT2D eigenvalue weighted by Crippen LogP contribution is 2.31. The van der Waals surface area contributed by atoms with Gasteiger partial charge >= 0.3 is 0 Å². The number of hydrogen-bond donors (Lipinski definition) is 2. The molecule has 5 nitrogen and oxygen atoms in total. The van der Waals surface area contributed by atoms with Crippen molar-refractivity contribution in [3.63, 3.8) is 0 Å². The molecule has 3 aromatic carbocycles. The highest BCUT2D eigenvalue weighted by Gasteiger charge is 2.12. The summed E-state index contributed by atoms with van der Waals surface area (Å²) in [6.45, 7) is 0.555. The maximum Gasteiger partial charge on any atom is 0.241 e. The number of hydrogen-bond acceptors (Lipinski definition) is 3. The first-order valence-electron chi connectivity index (χ1n) is 9.00. The Morgan fingerprint density at radius 3 is 2.24 bits per heavy atom. The van der Waals surface area contributed by atoms with E-state index in [1.54, 1.807) is 24.3 Å². The van der Waals surface area contributed by atoms with Gasteiger partial charge < -0.3 is 9.67 Å². The van der Waals surface area contributed by atoms with Crippen LogP contribution in [-0.4, -0.2) is 21.8 Å². The molecule has 0 bridgehead atoms. The SMILES string of the molecule is O=C(CCn1c2ccc(I)cc2c2cc(I)ccc21)N/N=C\c1ccccc1O. The lowest BCUT2D eigenvalue weighted by molar-refractivity contribution is -0.121. The lowest BCUT2D eigenvalue weighted by Gasteiger charge is -2.07. The van der Waals surface area contributed by atoms with E-state index in [0.717, 1.165) is 11.0 Å². The van der Waals surface area contributed by atoms with Crippen molar-refractivity contribution in [2.45, 2.75) is 13.0 Å². The Morgan fingerprint density at radius 2 is 1.62 bits per heavy atom. The predicted molar refractivity (Wildman–Crippen MR) is 133 cm³/mol. The van der Waals surface area contributed by atoms with Crippen LogP contribution in [0.25, 0.3) is 21.8 Å². The van der Waals surface area contributed by atoms with Crippen LogP contribution < -0.4 is 5.43 Å². The van der Waals surface area contributed by atoms with Crippen molar-refractivity contribution >= 4 is 79.1 Å². The standard InChI is InChI=1S/C22H17I2N3O2/c23-15-5-7-19-17(11-15)18-12-16(24)6-8-20(18)27(19)10-9-22(29)26-25-13-14-3-1-2-4-21(14)28/h1-8,11-13,28H,9-10H2,(H,26,29)/b25-13-. The number of fused-ring (bicyclic) bond motifs is 3. The van der Waals surface area contributed by atoms with Crippen molar-refractivity contribution in [1.29, 1.82) is 0 Å². The highest BCUT2D eigenvalue weighted by atomic mass is 127. The Hall–Kier alpha value is -2.14. The summed E-state index contributed by atoms with van der Waals surface area (Å²) >= 11 is 4.65. The number of nitrogens with one attached hydrogen (secondary N) is 1. The van der Waals surface area contributed by atoms with E-state index in [0.29, 0.717) is 18.5 Å². The Balaban J connectivity index is 1.53. The number of phenolic OH excluding ortho intramolecular Hbond substituents is 1. The van der Waals surface area contributed by atoms with Crippen LogP contribution in [0.1, 0.15) is 12.0 Å². The number of halogens is 2. The Morgan fingerprint density at radius 1 is 1.00 bits per heavy atom. The number of para-hydroxylation sites is 1. The summed E-state index contributed by atoms with van der Waals surface area (Å²) in [4.78, 5) is 12.3. The topological polar surface area (TPSA) is 66.6 Å². The van der Waals surface area contributed by atoms with Crippen LogP contribution in [-0.2, 0) is 11.3 Å². The van der Waals surface area contributed by atoms with E-state index < -0.39 is 0 Å². The van der Waals surface area contributed by atoms with E-state index in [1.807, 2.05) is 0 Å². The molecular weight excluding hydrogens is 592 g/mol. The number of carbonyl (C=O) groups is 1. The van der Waals surface area contributed by atoms with Crippen LogP contribution in [0.4, 0.5) is 0 Å². The molecule has 1 aromatic heterocycles. The number of hydrazone groups is 1. The van der Waals surface area contributed by atoms with Crippen molar-refractivity contribution < 1.29 is 9.90 Å². The van der Waals surface area contributed by atoms with Gasteiger partial charge in [-0.05, 0) is 93.7 Å². The first-order chi connectivity index (χ1) is 14.0. The zero-order valence-corrected chi connectivity index (χ0v) is 19.6. The van der Waals surface area contributed by atoms with Gasteiger partial charge in [0.05, 0.1) is 6.21 Å². The third kappa shape index (κ3) is 4.40. The lowest BCUT2D eigenvalue weighted by Crippen LogP contribution is -2.19. The highest BCUT2D eigenvalue weighted by molar-refractivity contribution is 14.1. The van der Waals surface area contributed by atoms with Crippen LogP contribution in [0.2, 0.25) is 0 Å². The number of aryl methyl sites for hydroxylation is 1. The fraction of sp³-hybridized carbons (Fsp3) is 0.0909. The van der Waals surface area contributed by atoms with Crippen LogP contribution in [0, 0.1) is 7.14 Å². The number of rotatable bonds is 5. The maximum atomic E-state index is 12.3. The second-order valence-electron chi connectivity index (χ2n) is 6.58. The molecule has 0 aliphatic heterocycles. The molecule has 2 N–H and O–H groups in total. The Bertz CT molecular complexity index is 1190. The zero-order valence-electron chi connectivity index (χ0n) is 15.3. The molecule has 0 saturated carbocycles. The number of benzene rings is 3. The van der Waals surface area contributed by atoms with E-state index in [9.17, 15) is 9.90 Å². The summed E-state index contributed by atoms with van der Waals surface area (Å²) in [6.07, 6.45) is 1.74. The summed E-state index contributed by atoms with van der Waals surface area (Å²) in [5.41, 5.74) is 5.33. The molecule has 4 rings (SSSR count). The molecule has 4 aromatic rings. The fourth-order valence-electron chi connectivity index (χ4n) is 3.33. The summed E-state index contributed by atoms with van der Waals surface area (Å²) in [7, 11) is 0. The number of nitrogens with zero attached hydrogens (tertiary/aromatic N) is 2. The number of aromatic hydroxyl groups is 1. The quantitative estimate of drug-likeness (QED) is 0.185. The second kappa shape index (κ2) is 8.70. The first-order valence-corrected chi connectivity index (χ1v) is 11.2. The molecule has 0 unspecified atom stereocenters. The van der Waals surface area contributed by atoms with E-state index >= 15 is 0 Å². The van der Waals surface area contributed by atoms with Crippen molar-refractivity contribution in [2.75, 3.05) is 0 Å². The summed E-state index contributed by atoms with van der Waals surface area (Å²) in [5, 5.41) is 16.1. The third-order valence-corrected chi connectivity index (χ3v) is 6.02. The van der Waals surface area contributed by atoms with Gasteiger partial charge in [0, 0.05) is 47.5 Å². The normalized spacial score (nSPS) is 11.5. The average Bonchev–Trinajstić information content (AvgIpc) is 3.00. The van der Waals surface area contributed by atoms with Crippen molar-refractivity contribution in [3.8, 4) is 5.75 Å². The van der Waals surface area contributed by atoms with E-state index in [4.69, 9.17) is 0 Å². The molecule has 0 atom stereocenters.